The molecule has 0 unspecified atom stereocenters. The molecule has 0 atom stereocenters. The Kier molecular flexibility index (Phi) is 30.3. The van der Waals surface area contributed by atoms with Crippen LogP contribution in [0.15, 0.2) is 0 Å². The minimum Gasteiger partial charge on any atom is -0.388 e. The van der Waals surface area contributed by atoms with Crippen molar-refractivity contribution in [2.24, 2.45) is 0 Å². The van der Waals surface area contributed by atoms with Gasteiger partial charge in [0, 0.05) is 19.3 Å². The van der Waals surface area contributed by atoms with Crippen LogP contribution in [0.2, 0.25) is 0 Å². The van der Waals surface area contributed by atoms with Crippen LogP contribution in [-0.4, -0.2) is 23.9 Å². The molecule has 0 aliphatic rings. The Morgan fingerprint density at radius 1 is 0.341 bits per heavy atom. The van der Waals surface area contributed by atoms with E-state index < -0.39 is 23.9 Å². The lowest BCUT2D eigenvalue weighted by atomic mass is 10.1. The van der Waals surface area contributed by atoms with Gasteiger partial charge in [-0.3, -0.25) is 14.4 Å². The first-order valence-electron chi connectivity index (χ1n) is 19.0. The first-order valence-corrected chi connectivity index (χ1v) is 19.0. The van der Waals surface area contributed by atoms with Gasteiger partial charge in [-0.1, -0.05) is 175 Å². The smallest absolute Gasteiger partial charge is 0.388 e. The zero-order valence-electron chi connectivity index (χ0n) is 29.7. The van der Waals surface area contributed by atoms with Gasteiger partial charge in [0.1, 0.15) is 0 Å². The Morgan fingerprint density at radius 2 is 0.523 bits per heavy atom. The second-order valence-electron chi connectivity index (χ2n) is 13.0. The molecule has 0 aromatic carbocycles. The van der Waals surface area contributed by atoms with E-state index in [1.165, 1.54) is 122 Å². The summed E-state index contributed by atoms with van der Waals surface area (Å²) in [7, 11) is 0. The third kappa shape index (κ3) is 29.1. The highest BCUT2D eigenvalue weighted by atomic mass is 16.9. The maximum Gasteiger partial charge on any atom is 0.420 e. The van der Waals surface area contributed by atoms with Crippen LogP contribution >= 0.6 is 0 Å². The summed E-state index contributed by atoms with van der Waals surface area (Å²) in [5.41, 5.74) is 0. The summed E-state index contributed by atoms with van der Waals surface area (Å²) in [6.45, 7) is 8.05. The van der Waals surface area contributed by atoms with Crippen LogP contribution in [0.25, 0.3) is 0 Å². The number of rotatable bonds is 33. The second-order valence-corrected chi connectivity index (χ2v) is 13.0. The lowest BCUT2D eigenvalue weighted by Crippen LogP contribution is -2.41. The van der Waals surface area contributed by atoms with Crippen LogP contribution in [0.4, 0.5) is 0 Å². The van der Waals surface area contributed by atoms with Crippen molar-refractivity contribution in [2.75, 3.05) is 0 Å². The summed E-state index contributed by atoms with van der Waals surface area (Å²) in [5.74, 6) is -3.50. The molecule has 0 fully saturated rings. The molecule has 44 heavy (non-hydrogen) atoms. The summed E-state index contributed by atoms with van der Waals surface area (Å²) < 4.78 is 16.5. The molecule has 6 heteroatoms. The monoisotopic (exact) mass is 625 g/mol. The van der Waals surface area contributed by atoms with Gasteiger partial charge in [0.25, 0.3) is 0 Å². The highest BCUT2D eigenvalue weighted by Crippen LogP contribution is 2.21. The number of hydrogen-bond donors (Lipinski definition) is 0. The fraction of sp³-hybridized carbons (Fsp3) is 0.921. The summed E-state index contributed by atoms with van der Waals surface area (Å²) in [5, 5.41) is 0. The van der Waals surface area contributed by atoms with Gasteiger partial charge in [-0.15, -0.1) is 0 Å². The number of ether oxygens (including phenoxy) is 3. The maximum absolute atomic E-state index is 12.7. The molecule has 0 amide bonds. The zero-order valence-corrected chi connectivity index (χ0v) is 29.7. The molecule has 0 radical (unpaired) electrons. The van der Waals surface area contributed by atoms with Crippen LogP contribution in [0.1, 0.15) is 220 Å². The second kappa shape index (κ2) is 31.4. The zero-order chi connectivity index (χ0) is 32.6. The third-order valence-corrected chi connectivity index (χ3v) is 8.35. The van der Waals surface area contributed by atoms with E-state index in [2.05, 4.69) is 20.8 Å². The van der Waals surface area contributed by atoms with E-state index in [0.717, 1.165) is 38.5 Å². The fourth-order valence-electron chi connectivity index (χ4n) is 5.58. The number of unbranched alkanes of at least 4 members (excludes halogenated alkanes) is 24. The van der Waals surface area contributed by atoms with Gasteiger partial charge in [0.15, 0.2) is 0 Å². The molecule has 0 rings (SSSR count). The van der Waals surface area contributed by atoms with Gasteiger partial charge >= 0.3 is 23.9 Å². The Labute approximate surface area is 272 Å². The van der Waals surface area contributed by atoms with E-state index in [0.29, 0.717) is 19.3 Å². The SMILES string of the molecule is CCCCCCCCCCCC(=O)OC(C)(OC(=O)CCCCCCCCCCC)OC(=O)CCCCCCCCCCC. The Hall–Kier alpha value is -1.59. The van der Waals surface area contributed by atoms with Gasteiger partial charge in [-0.2, -0.15) is 0 Å². The van der Waals surface area contributed by atoms with Crippen molar-refractivity contribution < 1.29 is 28.6 Å². The minimum atomic E-state index is -2.01. The Bertz CT molecular complexity index is 588. The van der Waals surface area contributed by atoms with E-state index >= 15 is 0 Å². The van der Waals surface area contributed by atoms with Crippen molar-refractivity contribution in [3.63, 3.8) is 0 Å². The van der Waals surface area contributed by atoms with Gasteiger partial charge in [0.2, 0.25) is 0 Å². The lowest BCUT2D eigenvalue weighted by molar-refractivity contribution is -0.320. The summed E-state index contributed by atoms with van der Waals surface area (Å²) in [4.78, 5) is 38.0. The molecule has 0 spiro atoms. The van der Waals surface area contributed by atoms with Crippen LogP contribution in [0.3, 0.4) is 0 Å². The van der Waals surface area contributed by atoms with Gasteiger partial charge in [-0.05, 0) is 19.3 Å². The molecular formula is C38H72O6. The molecule has 0 N–H and O–H groups in total. The van der Waals surface area contributed by atoms with Gasteiger partial charge < -0.3 is 14.2 Å². The average Bonchev–Trinajstić information content (AvgIpc) is 2.98. The molecule has 0 heterocycles. The predicted octanol–water partition coefficient (Wildman–Crippen LogP) is 12.1. The van der Waals surface area contributed by atoms with Crippen LogP contribution < -0.4 is 0 Å². The highest BCUT2D eigenvalue weighted by molar-refractivity contribution is 5.73. The standard InChI is InChI=1S/C38H72O6/c1-5-8-11-14-17-20-23-26-29-32-35(39)42-38(4,43-36(40)33-30-27-24-21-18-15-12-9-6-2)44-37(41)34-31-28-25-22-19-16-13-10-7-3/h5-34H2,1-4H3. The molecule has 260 valence electrons. The van der Waals surface area contributed by atoms with E-state index in [1.807, 2.05) is 0 Å². The quantitative estimate of drug-likeness (QED) is 0.0410. The van der Waals surface area contributed by atoms with Crippen molar-refractivity contribution in [3.05, 3.63) is 0 Å². The number of hydrogen-bond acceptors (Lipinski definition) is 6. The molecule has 6 nitrogen and oxygen atoms in total. The van der Waals surface area contributed by atoms with Gasteiger partial charge in [-0.25, -0.2) is 0 Å². The number of carbonyl (C=O) groups excluding carboxylic acids is 3. The Balaban J connectivity index is 4.56. The number of esters is 3. The largest absolute Gasteiger partial charge is 0.420 e. The van der Waals surface area contributed by atoms with Crippen molar-refractivity contribution in [2.45, 2.75) is 226 Å². The van der Waals surface area contributed by atoms with Crippen LogP contribution in [-0.2, 0) is 28.6 Å². The summed E-state index contributed by atoms with van der Waals surface area (Å²) in [6.07, 6.45) is 31.6. The third-order valence-electron chi connectivity index (χ3n) is 8.35. The first-order chi connectivity index (χ1) is 21.4. The topological polar surface area (TPSA) is 78.9 Å². The molecule has 0 bridgehead atoms. The van der Waals surface area contributed by atoms with Crippen molar-refractivity contribution in [1.82, 2.24) is 0 Å². The van der Waals surface area contributed by atoms with Crippen LogP contribution in [0.5, 0.6) is 0 Å². The van der Waals surface area contributed by atoms with E-state index in [4.69, 9.17) is 14.2 Å². The lowest BCUT2D eigenvalue weighted by Gasteiger charge is -2.28. The molecule has 0 aromatic rings. The predicted molar refractivity (Wildman–Crippen MR) is 182 cm³/mol. The van der Waals surface area contributed by atoms with Crippen molar-refractivity contribution >= 4 is 17.9 Å². The summed E-state index contributed by atoms with van der Waals surface area (Å²) >= 11 is 0. The highest BCUT2D eigenvalue weighted by Gasteiger charge is 2.37. The summed E-state index contributed by atoms with van der Waals surface area (Å²) in [6, 6.07) is 0. The molecule has 0 saturated heterocycles. The van der Waals surface area contributed by atoms with E-state index in [-0.39, 0.29) is 19.3 Å². The molecule has 0 aliphatic heterocycles. The average molecular weight is 625 g/mol. The van der Waals surface area contributed by atoms with E-state index in [9.17, 15) is 14.4 Å². The van der Waals surface area contributed by atoms with Crippen molar-refractivity contribution in [3.8, 4) is 0 Å². The van der Waals surface area contributed by atoms with Crippen LogP contribution in [0, 0.1) is 0 Å². The number of carbonyl (C=O) groups is 3. The normalized spacial score (nSPS) is 11.5. The first kappa shape index (κ1) is 42.4. The Morgan fingerprint density at radius 3 is 0.727 bits per heavy atom. The maximum atomic E-state index is 12.7. The molecule has 0 saturated carbocycles. The molecular weight excluding hydrogens is 552 g/mol. The molecule has 0 aliphatic carbocycles. The molecule has 0 aromatic heterocycles. The fourth-order valence-corrected chi connectivity index (χ4v) is 5.58. The van der Waals surface area contributed by atoms with Gasteiger partial charge in [0.05, 0.1) is 6.92 Å². The van der Waals surface area contributed by atoms with Crippen molar-refractivity contribution in [1.29, 1.82) is 0 Å². The minimum absolute atomic E-state index is 0.219. The van der Waals surface area contributed by atoms with E-state index in [1.54, 1.807) is 0 Å².